The lowest BCUT2D eigenvalue weighted by molar-refractivity contribution is 0.0938. The molecule has 0 bridgehead atoms. The monoisotopic (exact) mass is 266 g/mol. The second-order valence-electron chi connectivity index (χ2n) is 4.42. The van der Waals surface area contributed by atoms with E-state index < -0.39 is 0 Å². The Morgan fingerprint density at radius 3 is 3.06 bits per heavy atom. The lowest BCUT2D eigenvalue weighted by Crippen LogP contribution is -2.33. The van der Waals surface area contributed by atoms with E-state index >= 15 is 0 Å². The van der Waals surface area contributed by atoms with Crippen LogP contribution in [-0.2, 0) is 0 Å². The van der Waals surface area contributed by atoms with Gasteiger partial charge in [-0.2, -0.15) is 11.8 Å². The Labute approximate surface area is 111 Å². The van der Waals surface area contributed by atoms with Crippen LogP contribution in [0.25, 0.3) is 0 Å². The van der Waals surface area contributed by atoms with E-state index in [1.165, 1.54) is 6.42 Å². The molecule has 0 aliphatic heterocycles. The number of hydrogen-bond donors (Lipinski definition) is 3. The quantitative estimate of drug-likeness (QED) is 0.567. The van der Waals surface area contributed by atoms with E-state index in [-0.39, 0.29) is 11.9 Å². The van der Waals surface area contributed by atoms with E-state index in [0.29, 0.717) is 16.6 Å². The highest BCUT2D eigenvalue weighted by Crippen LogP contribution is 2.28. The van der Waals surface area contributed by atoms with Crippen LogP contribution in [0.1, 0.15) is 29.6 Å². The fourth-order valence-electron chi connectivity index (χ4n) is 2.20. The van der Waals surface area contributed by atoms with E-state index in [1.54, 1.807) is 18.3 Å². The predicted molar refractivity (Wildman–Crippen MR) is 74.5 cm³/mol. The van der Waals surface area contributed by atoms with Gasteiger partial charge in [-0.05, 0) is 37.7 Å². The molecule has 1 amide bonds. The average molecular weight is 266 g/mol. The number of nitrogens with two attached hydrogens (primary N) is 1. The first-order valence-corrected chi connectivity index (χ1v) is 7.28. The Kier molecular flexibility index (Phi) is 4.43. The van der Waals surface area contributed by atoms with Crippen LogP contribution in [0.4, 0.5) is 5.82 Å². The molecule has 4 N–H and O–H groups in total. The summed E-state index contributed by atoms with van der Waals surface area (Å²) in [5, 5.41) is 3.74. The molecule has 2 unspecified atom stereocenters. The number of nitrogens with zero attached hydrogens (tertiary/aromatic N) is 1. The van der Waals surface area contributed by atoms with Gasteiger partial charge in [-0.15, -0.1) is 0 Å². The maximum absolute atomic E-state index is 12.0. The van der Waals surface area contributed by atoms with Gasteiger partial charge in [-0.1, -0.05) is 0 Å². The molecule has 2 atom stereocenters. The van der Waals surface area contributed by atoms with E-state index in [0.717, 1.165) is 12.8 Å². The zero-order valence-electron chi connectivity index (χ0n) is 10.3. The number of carbonyl (C=O) groups is 1. The molecule has 0 spiro atoms. The van der Waals surface area contributed by atoms with Crippen LogP contribution in [0.15, 0.2) is 18.3 Å². The SMILES string of the molecule is CSC1CCC(NC(=O)c2ccnc(NN)c2)C1. The fourth-order valence-corrected chi connectivity index (χ4v) is 3.00. The maximum atomic E-state index is 12.0. The molecule has 1 aromatic heterocycles. The first-order chi connectivity index (χ1) is 8.72. The summed E-state index contributed by atoms with van der Waals surface area (Å²) in [6.45, 7) is 0. The highest BCUT2D eigenvalue weighted by atomic mass is 32.2. The number of nitrogens with one attached hydrogen (secondary N) is 2. The van der Waals surface area contributed by atoms with Gasteiger partial charge in [0.2, 0.25) is 0 Å². The molecular weight excluding hydrogens is 248 g/mol. The molecule has 0 radical (unpaired) electrons. The van der Waals surface area contributed by atoms with Crippen molar-refractivity contribution in [2.45, 2.75) is 30.6 Å². The second-order valence-corrected chi connectivity index (χ2v) is 5.55. The van der Waals surface area contributed by atoms with Crippen LogP contribution in [0.3, 0.4) is 0 Å². The second kappa shape index (κ2) is 6.06. The average Bonchev–Trinajstić information content (AvgIpc) is 2.86. The van der Waals surface area contributed by atoms with E-state index in [1.807, 2.05) is 11.8 Å². The molecule has 0 aromatic carbocycles. The summed E-state index contributed by atoms with van der Waals surface area (Å²) in [5.74, 6) is 5.71. The van der Waals surface area contributed by atoms with Crippen molar-refractivity contribution >= 4 is 23.5 Å². The Hall–Kier alpha value is -1.27. The van der Waals surface area contributed by atoms with E-state index in [9.17, 15) is 4.79 Å². The van der Waals surface area contributed by atoms with Crippen molar-refractivity contribution < 1.29 is 4.79 Å². The van der Waals surface area contributed by atoms with Gasteiger partial charge in [0.15, 0.2) is 0 Å². The summed E-state index contributed by atoms with van der Waals surface area (Å²) in [5.41, 5.74) is 3.03. The lowest BCUT2D eigenvalue weighted by Gasteiger charge is -2.13. The fraction of sp³-hybridized carbons (Fsp3) is 0.500. The number of thioether (sulfide) groups is 1. The summed E-state index contributed by atoms with van der Waals surface area (Å²) < 4.78 is 0. The van der Waals surface area contributed by atoms with Gasteiger partial charge in [-0.3, -0.25) is 4.79 Å². The summed E-state index contributed by atoms with van der Waals surface area (Å²) in [7, 11) is 0. The lowest BCUT2D eigenvalue weighted by atomic mass is 10.2. The highest BCUT2D eigenvalue weighted by molar-refractivity contribution is 7.99. The normalized spacial score (nSPS) is 22.8. The number of hydrogen-bond acceptors (Lipinski definition) is 5. The largest absolute Gasteiger partial charge is 0.349 e. The van der Waals surface area contributed by atoms with Crippen molar-refractivity contribution in [1.29, 1.82) is 0 Å². The molecule has 1 aromatic rings. The molecule has 0 saturated heterocycles. The highest BCUT2D eigenvalue weighted by Gasteiger charge is 2.25. The molecule has 18 heavy (non-hydrogen) atoms. The molecule has 6 heteroatoms. The topological polar surface area (TPSA) is 80.0 Å². The Bertz CT molecular complexity index is 426. The number of hydrazine groups is 1. The van der Waals surface area contributed by atoms with E-state index in [4.69, 9.17) is 5.84 Å². The Morgan fingerprint density at radius 2 is 2.39 bits per heavy atom. The zero-order chi connectivity index (χ0) is 13.0. The van der Waals surface area contributed by atoms with Crippen LogP contribution in [0.5, 0.6) is 0 Å². The number of anilines is 1. The van der Waals surface area contributed by atoms with Gasteiger partial charge in [-0.25, -0.2) is 10.8 Å². The molecule has 98 valence electrons. The Balaban J connectivity index is 1.95. The predicted octanol–water partition coefficient (Wildman–Crippen LogP) is 1.38. The third-order valence-corrected chi connectivity index (χ3v) is 4.32. The number of carbonyl (C=O) groups excluding carboxylic acids is 1. The molecule has 2 rings (SSSR count). The number of aromatic nitrogens is 1. The minimum Gasteiger partial charge on any atom is -0.349 e. The van der Waals surface area contributed by atoms with E-state index in [2.05, 4.69) is 22.0 Å². The number of rotatable bonds is 4. The third-order valence-electron chi connectivity index (χ3n) is 3.22. The molecule has 1 heterocycles. The Morgan fingerprint density at radius 1 is 1.56 bits per heavy atom. The van der Waals surface area contributed by atoms with Gasteiger partial charge in [0.25, 0.3) is 5.91 Å². The van der Waals surface area contributed by atoms with Crippen LogP contribution >= 0.6 is 11.8 Å². The summed E-state index contributed by atoms with van der Waals surface area (Å²) in [6, 6.07) is 3.63. The van der Waals surface area contributed by atoms with Crippen LogP contribution in [-0.4, -0.2) is 28.4 Å². The first kappa shape index (κ1) is 13.2. The molecule has 1 aliphatic rings. The van der Waals surface area contributed by atoms with Crippen molar-refractivity contribution in [3.63, 3.8) is 0 Å². The summed E-state index contributed by atoms with van der Waals surface area (Å²) >= 11 is 1.88. The first-order valence-electron chi connectivity index (χ1n) is 5.99. The molecule has 1 fully saturated rings. The molecule has 5 nitrogen and oxygen atoms in total. The minimum atomic E-state index is -0.0550. The van der Waals surface area contributed by atoms with Crippen molar-refractivity contribution in [2.24, 2.45) is 5.84 Å². The standard InChI is InChI=1S/C12H18N4OS/c1-18-10-3-2-9(7-10)15-12(17)8-4-5-14-11(6-8)16-13/h4-6,9-10H,2-3,7,13H2,1H3,(H,14,16)(H,15,17). The number of nitrogen functional groups attached to an aromatic ring is 1. The summed E-state index contributed by atoms with van der Waals surface area (Å²) in [6.07, 6.45) is 6.99. The van der Waals surface area contributed by atoms with Crippen molar-refractivity contribution in [3.05, 3.63) is 23.9 Å². The van der Waals surface area contributed by atoms with Crippen molar-refractivity contribution in [2.75, 3.05) is 11.7 Å². The molecular formula is C12H18N4OS. The zero-order valence-corrected chi connectivity index (χ0v) is 11.2. The van der Waals surface area contributed by atoms with Gasteiger partial charge in [0, 0.05) is 23.1 Å². The van der Waals surface area contributed by atoms with Crippen molar-refractivity contribution in [1.82, 2.24) is 10.3 Å². The van der Waals surface area contributed by atoms with Crippen LogP contribution in [0.2, 0.25) is 0 Å². The summed E-state index contributed by atoms with van der Waals surface area (Å²) in [4.78, 5) is 16.0. The minimum absolute atomic E-state index is 0.0550. The number of pyridine rings is 1. The van der Waals surface area contributed by atoms with Crippen molar-refractivity contribution in [3.8, 4) is 0 Å². The molecule has 1 aliphatic carbocycles. The van der Waals surface area contributed by atoms with Gasteiger partial charge < -0.3 is 10.7 Å². The third kappa shape index (κ3) is 3.14. The van der Waals surface area contributed by atoms with Gasteiger partial charge in [0.1, 0.15) is 5.82 Å². The van der Waals surface area contributed by atoms with Crippen LogP contribution in [0, 0.1) is 0 Å². The smallest absolute Gasteiger partial charge is 0.251 e. The van der Waals surface area contributed by atoms with Crippen LogP contribution < -0.4 is 16.6 Å². The van der Waals surface area contributed by atoms with Gasteiger partial charge >= 0.3 is 0 Å². The van der Waals surface area contributed by atoms with Gasteiger partial charge in [0.05, 0.1) is 0 Å². The molecule has 1 saturated carbocycles. The number of amides is 1. The maximum Gasteiger partial charge on any atom is 0.251 e.